The third-order valence-corrected chi connectivity index (χ3v) is 7.01. The molecule has 0 bridgehead atoms. The summed E-state index contributed by atoms with van der Waals surface area (Å²) in [5.41, 5.74) is 8.13. The quantitative estimate of drug-likeness (QED) is 0.199. The van der Waals surface area contributed by atoms with Crippen molar-refractivity contribution in [3.05, 3.63) is 126 Å². The van der Waals surface area contributed by atoms with Crippen LogP contribution in [-0.2, 0) is 16.0 Å². The lowest BCUT2D eigenvalue weighted by molar-refractivity contribution is -0.158. The Kier molecular flexibility index (Phi) is 9.34. The predicted octanol–water partition coefficient (Wildman–Crippen LogP) is 8.12. The Hall–Kier alpha value is -4.31. The molecule has 4 heteroatoms. The molecule has 4 aromatic carbocycles. The van der Waals surface area contributed by atoms with Crippen LogP contribution in [-0.4, -0.2) is 39.8 Å². The largest absolute Gasteiger partial charge is 0.460 e. The average Bonchev–Trinajstić information content (AvgIpc) is 2.95. The van der Waals surface area contributed by atoms with Crippen LogP contribution >= 0.6 is 0 Å². The van der Waals surface area contributed by atoms with Crippen molar-refractivity contribution in [1.82, 2.24) is 0 Å². The summed E-state index contributed by atoms with van der Waals surface area (Å²) in [6.45, 7) is 5.76. The van der Waals surface area contributed by atoms with Crippen LogP contribution in [0.2, 0.25) is 0 Å². The monoisotopic (exact) mass is 546 g/mol. The highest BCUT2D eigenvalue weighted by atomic mass is 16.6. The first-order chi connectivity index (χ1) is 19.5. The fourth-order valence-electron chi connectivity index (χ4n) is 4.86. The minimum Gasteiger partial charge on any atom is -0.460 e. The third-order valence-electron chi connectivity index (χ3n) is 7.01. The third kappa shape index (κ3) is 7.88. The normalized spacial score (nSPS) is 11.9. The lowest BCUT2D eigenvalue weighted by Crippen LogP contribution is -2.29. The van der Waals surface area contributed by atoms with E-state index in [1.54, 1.807) is 0 Å². The maximum atomic E-state index is 13.8. The molecule has 0 aliphatic carbocycles. The van der Waals surface area contributed by atoms with Crippen molar-refractivity contribution in [3.63, 3.8) is 0 Å². The summed E-state index contributed by atoms with van der Waals surface area (Å²) < 4.78 is 5.99. The van der Waals surface area contributed by atoms with Crippen molar-refractivity contribution in [3.8, 4) is 11.1 Å². The summed E-state index contributed by atoms with van der Waals surface area (Å²) in [4.78, 5) is 18.0. The molecular formula is C37H42N2O2. The second-order valence-electron chi connectivity index (χ2n) is 11.8. The standard InChI is InChI=1S/C37H42N2O2/c1-37(2,3)41-36(40)31(25-30-15-11-12-16-34(30)27-13-9-8-10-14-27)26-35(28-17-21-32(22-18-28)38(4)5)29-19-23-33(24-20-29)39(6)7/h8-24,26,31H,25H2,1-7H3/t31-/m1/s1. The number of carbonyl (C=O) groups excluding carboxylic acids is 1. The first kappa shape index (κ1) is 29.7. The van der Waals surface area contributed by atoms with E-state index in [9.17, 15) is 4.79 Å². The Bertz CT molecular complexity index is 1410. The molecule has 1 atom stereocenters. The maximum absolute atomic E-state index is 13.8. The molecule has 4 rings (SSSR count). The zero-order valence-corrected chi connectivity index (χ0v) is 25.4. The van der Waals surface area contributed by atoms with Gasteiger partial charge in [0.15, 0.2) is 0 Å². The Morgan fingerprint density at radius 1 is 0.707 bits per heavy atom. The van der Waals surface area contributed by atoms with E-state index in [-0.39, 0.29) is 5.97 Å². The zero-order valence-electron chi connectivity index (χ0n) is 25.4. The van der Waals surface area contributed by atoms with E-state index >= 15 is 0 Å². The molecule has 0 aliphatic heterocycles. The van der Waals surface area contributed by atoms with E-state index in [1.165, 1.54) is 0 Å². The number of rotatable bonds is 9. The molecule has 4 nitrogen and oxygen atoms in total. The van der Waals surface area contributed by atoms with Gasteiger partial charge in [-0.05, 0) is 84.8 Å². The number of ether oxygens (including phenoxy) is 1. The van der Waals surface area contributed by atoms with Crippen molar-refractivity contribution in [1.29, 1.82) is 0 Å². The number of carbonyl (C=O) groups is 1. The second kappa shape index (κ2) is 12.9. The van der Waals surface area contributed by atoms with Crippen LogP contribution in [0.4, 0.5) is 11.4 Å². The summed E-state index contributed by atoms with van der Waals surface area (Å²) in [5, 5.41) is 0. The fourth-order valence-corrected chi connectivity index (χ4v) is 4.86. The zero-order chi connectivity index (χ0) is 29.6. The number of anilines is 2. The minimum absolute atomic E-state index is 0.229. The van der Waals surface area contributed by atoms with Gasteiger partial charge in [-0.1, -0.05) is 84.9 Å². The van der Waals surface area contributed by atoms with Crippen LogP contribution in [0.5, 0.6) is 0 Å². The molecule has 0 aliphatic rings. The number of nitrogens with zero attached hydrogens (tertiary/aromatic N) is 2. The van der Waals surface area contributed by atoms with Crippen LogP contribution in [0.3, 0.4) is 0 Å². The van der Waals surface area contributed by atoms with Crippen LogP contribution < -0.4 is 9.80 Å². The highest BCUT2D eigenvalue weighted by molar-refractivity contribution is 5.86. The number of benzene rings is 4. The number of hydrogen-bond acceptors (Lipinski definition) is 4. The molecule has 4 aromatic rings. The molecule has 0 saturated carbocycles. The van der Waals surface area contributed by atoms with Gasteiger partial charge in [-0.15, -0.1) is 0 Å². The van der Waals surface area contributed by atoms with E-state index in [1.807, 2.05) is 79.3 Å². The molecule has 0 spiro atoms. The van der Waals surface area contributed by atoms with E-state index in [0.29, 0.717) is 6.42 Å². The van der Waals surface area contributed by atoms with Crippen LogP contribution in [0, 0.1) is 5.92 Å². The molecule has 0 radical (unpaired) electrons. The van der Waals surface area contributed by atoms with E-state index < -0.39 is 11.5 Å². The van der Waals surface area contributed by atoms with Gasteiger partial charge in [0.25, 0.3) is 0 Å². The molecule has 0 unspecified atom stereocenters. The maximum Gasteiger partial charge on any atom is 0.313 e. The Labute approximate surface area is 245 Å². The van der Waals surface area contributed by atoms with Gasteiger partial charge in [-0.25, -0.2) is 0 Å². The molecule has 0 aromatic heterocycles. The second-order valence-corrected chi connectivity index (χ2v) is 11.8. The summed E-state index contributed by atoms with van der Waals surface area (Å²) in [6, 6.07) is 35.7. The molecule has 0 saturated heterocycles. The predicted molar refractivity (Wildman–Crippen MR) is 174 cm³/mol. The van der Waals surface area contributed by atoms with Gasteiger partial charge >= 0.3 is 5.97 Å². The van der Waals surface area contributed by atoms with Gasteiger partial charge in [0.05, 0.1) is 5.92 Å². The van der Waals surface area contributed by atoms with Crippen molar-refractivity contribution in [2.45, 2.75) is 32.8 Å². The van der Waals surface area contributed by atoms with Gasteiger partial charge in [0, 0.05) is 39.6 Å². The van der Waals surface area contributed by atoms with Crippen molar-refractivity contribution in [2.75, 3.05) is 38.0 Å². The number of hydrogen-bond donors (Lipinski definition) is 0. The average molecular weight is 547 g/mol. The van der Waals surface area contributed by atoms with Crippen LogP contribution in [0.15, 0.2) is 109 Å². The van der Waals surface area contributed by atoms with Crippen LogP contribution in [0.25, 0.3) is 16.7 Å². The molecule has 0 fully saturated rings. The first-order valence-electron chi connectivity index (χ1n) is 14.2. The van der Waals surface area contributed by atoms with E-state index in [0.717, 1.165) is 44.8 Å². The SMILES string of the molecule is CN(C)c1ccc(C(=C[C@@H](Cc2ccccc2-c2ccccc2)C(=O)OC(C)(C)C)c2ccc(N(C)C)cc2)cc1. The van der Waals surface area contributed by atoms with E-state index in [2.05, 4.69) is 88.7 Å². The molecule has 41 heavy (non-hydrogen) atoms. The Morgan fingerprint density at radius 3 is 1.68 bits per heavy atom. The molecule has 0 N–H and O–H groups in total. The summed E-state index contributed by atoms with van der Waals surface area (Å²) >= 11 is 0. The van der Waals surface area contributed by atoms with Gasteiger partial charge in [0.2, 0.25) is 0 Å². The smallest absolute Gasteiger partial charge is 0.313 e. The van der Waals surface area contributed by atoms with Gasteiger partial charge < -0.3 is 14.5 Å². The van der Waals surface area contributed by atoms with Crippen molar-refractivity contribution < 1.29 is 9.53 Å². The minimum atomic E-state index is -0.594. The van der Waals surface area contributed by atoms with Crippen molar-refractivity contribution >= 4 is 22.9 Å². The fraction of sp³-hybridized carbons (Fsp3) is 0.270. The van der Waals surface area contributed by atoms with Gasteiger partial charge in [-0.2, -0.15) is 0 Å². The van der Waals surface area contributed by atoms with Crippen molar-refractivity contribution in [2.24, 2.45) is 5.92 Å². The van der Waals surface area contributed by atoms with E-state index in [4.69, 9.17) is 4.74 Å². The molecular weight excluding hydrogens is 504 g/mol. The molecule has 0 amide bonds. The van der Waals surface area contributed by atoms with Gasteiger partial charge in [-0.3, -0.25) is 4.79 Å². The molecule has 0 heterocycles. The summed E-state index contributed by atoms with van der Waals surface area (Å²) in [5.74, 6) is -0.719. The Balaban J connectivity index is 1.84. The van der Waals surface area contributed by atoms with Gasteiger partial charge in [0.1, 0.15) is 5.60 Å². The first-order valence-corrected chi connectivity index (χ1v) is 14.2. The Morgan fingerprint density at radius 2 is 1.20 bits per heavy atom. The number of esters is 1. The lowest BCUT2D eigenvalue weighted by Gasteiger charge is -2.24. The molecule has 212 valence electrons. The van der Waals surface area contributed by atoms with Crippen LogP contribution in [0.1, 0.15) is 37.5 Å². The highest BCUT2D eigenvalue weighted by Gasteiger charge is 2.26. The summed E-state index contributed by atoms with van der Waals surface area (Å²) in [7, 11) is 8.14. The topological polar surface area (TPSA) is 32.8 Å². The highest BCUT2D eigenvalue weighted by Crippen LogP contribution is 2.32. The lowest BCUT2D eigenvalue weighted by atomic mass is 9.88. The summed E-state index contributed by atoms with van der Waals surface area (Å²) in [6.07, 6.45) is 2.63.